The van der Waals surface area contributed by atoms with Crippen LogP contribution in [0.2, 0.25) is 0 Å². The van der Waals surface area contributed by atoms with E-state index in [2.05, 4.69) is 10.6 Å². The Bertz CT molecular complexity index is 902. The van der Waals surface area contributed by atoms with Gasteiger partial charge in [0.2, 0.25) is 5.91 Å². The number of hydrogen-bond donors (Lipinski definition) is 3. The van der Waals surface area contributed by atoms with Gasteiger partial charge in [-0.3, -0.25) is 9.59 Å². The van der Waals surface area contributed by atoms with Crippen LogP contribution in [-0.4, -0.2) is 30.0 Å². The summed E-state index contributed by atoms with van der Waals surface area (Å²) in [4.78, 5) is 36.0. The highest BCUT2D eigenvalue weighted by Crippen LogP contribution is 2.25. The lowest BCUT2D eigenvalue weighted by atomic mass is 10.1. The van der Waals surface area contributed by atoms with Gasteiger partial charge in [0.05, 0.1) is 18.4 Å². The number of carbonyl (C=O) groups is 3. The number of anilines is 1. The minimum atomic E-state index is -1.16. The van der Waals surface area contributed by atoms with Crippen molar-refractivity contribution in [3.63, 3.8) is 0 Å². The fourth-order valence-electron chi connectivity index (χ4n) is 3.43. The van der Waals surface area contributed by atoms with Crippen molar-refractivity contribution in [1.29, 1.82) is 0 Å². The van der Waals surface area contributed by atoms with Crippen LogP contribution < -0.4 is 15.4 Å². The number of carboxylic acids is 1. The predicted octanol–water partition coefficient (Wildman–Crippen LogP) is 3.45. The maximum atomic E-state index is 12.5. The number of nitrogens with one attached hydrogen (secondary N) is 2. The molecule has 2 aromatic rings. The number of benzene rings is 2. The zero-order chi connectivity index (χ0) is 20.8. The molecule has 3 N–H and O–H groups in total. The average molecular weight is 396 g/mol. The highest BCUT2D eigenvalue weighted by atomic mass is 16.5. The number of amides is 2. The summed E-state index contributed by atoms with van der Waals surface area (Å²) in [5, 5.41) is 14.9. The molecule has 7 heteroatoms. The molecule has 29 heavy (non-hydrogen) atoms. The number of carbonyl (C=O) groups excluding carboxylic acids is 2. The lowest BCUT2D eigenvalue weighted by Crippen LogP contribution is -2.28. The predicted molar refractivity (Wildman–Crippen MR) is 108 cm³/mol. The molecule has 0 aromatic heterocycles. The van der Waals surface area contributed by atoms with Crippen LogP contribution in [0.3, 0.4) is 0 Å². The lowest BCUT2D eigenvalue weighted by molar-refractivity contribution is -0.124. The van der Waals surface area contributed by atoms with Crippen molar-refractivity contribution in [3.8, 4) is 5.75 Å². The van der Waals surface area contributed by atoms with Crippen LogP contribution in [-0.2, 0) is 11.3 Å². The second-order valence-electron chi connectivity index (χ2n) is 7.07. The van der Waals surface area contributed by atoms with E-state index < -0.39 is 11.9 Å². The van der Waals surface area contributed by atoms with Crippen molar-refractivity contribution in [1.82, 2.24) is 5.32 Å². The third-order valence-electron chi connectivity index (χ3n) is 5.11. The van der Waals surface area contributed by atoms with Gasteiger partial charge in [-0.1, -0.05) is 25.0 Å². The average Bonchev–Trinajstić information content (AvgIpc) is 3.27. The Morgan fingerprint density at radius 3 is 2.38 bits per heavy atom. The van der Waals surface area contributed by atoms with Crippen LogP contribution >= 0.6 is 0 Å². The zero-order valence-corrected chi connectivity index (χ0v) is 16.2. The number of aromatic carboxylic acids is 1. The molecular formula is C22H24N2O5. The molecule has 0 aliphatic heterocycles. The minimum Gasteiger partial charge on any atom is -0.497 e. The number of rotatable bonds is 7. The van der Waals surface area contributed by atoms with E-state index in [1.54, 1.807) is 30.3 Å². The summed E-state index contributed by atoms with van der Waals surface area (Å²) in [7, 11) is 1.44. The second kappa shape index (κ2) is 9.23. The van der Waals surface area contributed by atoms with E-state index >= 15 is 0 Å². The highest BCUT2D eigenvalue weighted by Gasteiger charge is 2.22. The molecule has 0 heterocycles. The summed E-state index contributed by atoms with van der Waals surface area (Å²) in [5.41, 5.74) is 1.42. The number of ether oxygens (including phenoxy) is 1. The molecule has 0 saturated heterocycles. The molecule has 1 saturated carbocycles. The topological polar surface area (TPSA) is 105 Å². The smallest absolute Gasteiger partial charge is 0.337 e. The molecular weight excluding hydrogens is 372 g/mol. The van der Waals surface area contributed by atoms with Crippen LogP contribution in [0.25, 0.3) is 0 Å². The molecule has 0 bridgehead atoms. The minimum absolute atomic E-state index is 0.0519. The molecule has 1 aliphatic carbocycles. The van der Waals surface area contributed by atoms with Gasteiger partial charge in [-0.25, -0.2) is 4.79 Å². The number of methoxy groups -OCH3 is 1. The zero-order valence-electron chi connectivity index (χ0n) is 16.2. The van der Waals surface area contributed by atoms with Crippen LogP contribution in [0.5, 0.6) is 5.75 Å². The van der Waals surface area contributed by atoms with Crippen LogP contribution in [0, 0.1) is 5.92 Å². The Morgan fingerprint density at radius 1 is 1.07 bits per heavy atom. The van der Waals surface area contributed by atoms with Crippen LogP contribution in [0.4, 0.5) is 5.69 Å². The first-order valence-corrected chi connectivity index (χ1v) is 9.57. The van der Waals surface area contributed by atoms with Gasteiger partial charge in [-0.2, -0.15) is 0 Å². The normalized spacial score (nSPS) is 13.7. The molecule has 3 rings (SSSR count). The van der Waals surface area contributed by atoms with Gasteiger partial charge in [-0.05, 0) is 48.7 Å². The molecule has 0 unspecified atom stereocenters. The van der Waals surface area contributed by atoms with E-state index in [-0.39, 0.29) is 23.1 Å². The third kappa shape index (κ3) is 5.13. The van der Waals surface area contributed by atoms with Crippen LogP contribution in [0.1, 0.15) is 52.0 Å². The SMILES string of the molecule is COc1ccc(NC(=O)c2ccc(CNC(=O)C3CCCC3)cc2)c(C(=O)O)c1. The van der Waals surface area contributed by atoms with Gasteiger partial charge >= 0.3 is 5.97 Å². The number of carboxylic acid groups (broad SMARTS) is 1. The largest absolute Gasteiger partial charge is 0.497 e. The van der Waals surface area contributed by atoms with Gasteiger partial charge in [0.1, 0.15) is 5.75 Å². The maximum absolute atomic E-state index is 12.5. The molecule has 2 aromatic carbocycles. The Morgan fingerprint density at radius 2 is 1.76 bits per heavy atom. The molecule has 0 radical (unpaired) electrons. The molecule has 152 valence electrons. The first-order chi connectivity index (χ1) is 14.0. The Balaban J connectivity index is 1.62. The maximum Gasteiger partial charge on any atom is 0.337 e. The molecule has 0 spiro atoms. The van der Waals surface area contributed by atoms with E-state index in [9.17, 15) is 19.5 Å². The number of hydrogen-bond acceptors (Lipinski definition) is 4. The molecule has 1 aliphatic rings. The Kier molecular flexibility index (Phi) is 6.49. The van der Waals surface area contributed by atoms with Gasteiger partial charge in [0.15, 0.2) is 0 Å². The standard InChI is InChI=1S/C22H24N2O5/c1-29-17-10-11-19(18(12-17)22(27)28)24-21(26)16-8-6-14(7-9-16)13-23-20(25)15-4-2-3-5-15/h6-12,15H,2-5,13H2,1H3,(H,23,25)(H,24,26)(H,27,28). The summed E-state index contributed by atoms with van der Waals surface area (Å²) in [6.45, 7) is 0.416. The molecule has 2 amide bonds. The molecule has 0 atom stereocenters. The van der Waals surface area contributed by atoms with Gasteiger partial charge in [-0.15, -0.1) is 0 Å². The lowest BCUT2D eigenvalue weighted by Gasteiger charge is -2.12. The van der Waals surface area contributed by atoms with Crippen LogP contribution in [0.15, 0.2) is 42.5 Å². The Hall–Kier alpha value is -3.35. The Labute approximate surface area is 169 Å². The van der Waals surface area contributed by atoms with Gasteiger partial charge < -0.3 is 20.5 Å². The van der Waals surface area contributed by atoms with Crippen molar-refractivity contribution in [2.24, 2.45) is 5.92 Å². The highest BCUT2D eigenvalue weighted by molar-refractivity contribution is 6.07. The van der Waals surface area contributed by atoms with Crippen molar-refractivity contribution in [3.05, 3.63) is 59.2 Å². The van der Waals surface area contributed by atoms with E-state index in [4.69, 9.17) is 4.74 Å². The second-order valence-corrected chi connectivity index (χ2v) is 7.07. The monoisotopic (exact) mass is 396 g/mol. The molecule has 1 fully saturated rings. The van der Waals surface area contributed by atoms with E-state index in [0.29, 0.717) is 17.9 Å². The first kappa shape index (κ1) is 20.4. The van der Waals surface area contributed by atoms with E-state index in [0.717, 1.165) is 31.2 Å². The third-order valence-corrected chi connectivity index (χ3v) is 5.11. The van der Waals surface area contributed by atoms with E-state index in [1.807, 2.05) is 0 Å². The quantitative estimate of drug-likeness (QED) is 0.665. The van der Waals surface area contributed by atoms with Crippen molar-refractivity contribution in [2.75, 3.05) is 12.4 Å². The summed E-state index contributed by atoms with van der Waals surface area (Å²) >= 11 is 0. The van der Waals surface area contributed by atoms with Crippen molar-refractivity contribution >= 4 is 23.5 Å². The van der Waals surface area contributed by atoms with Crippen molar-refractivity contribution in [2.45, 2.75) is 32.2 Å². The summed E-state index contributed by atoms with van der Waals surface area (Å²) in [6, 6.07) is 11.3. The van der Waals surface area contributed by atoms with Crippen molar-refractivity contribution < 1.29 is 24.2 Å². The van der Waals surface area contributed by atoms with Gasteiger partial charge in [0, 0.05) is 18.0 Å². The fraction of sp³-hybridized carbons (Fsp3) is 0.318. The summed E-state index contributed by atoms with van der Waals surface area (Å²) in [5.74, 6) is -0.978. The van der Waals surface area contributed by atoms with Gasteiger partial charge in [0.25, 0.3) is 5.91 Å². The first-order valence-electron chi connectivity index (χ1n) is 9.57. The fourth-order valence-corrected chi connectivity index (χ4v) is 3.43. The van der Waals surface area contributed by atoms with E-state index in [1.165, 1.54) is 19.2 Å². The molecule has 7 nitrogen and oxygen atoms in total. The summed E-state index contributed by atoms with van der Waals surface area (Å²) < 4.78 is 5.03. The summed E-state index contributed by atoms with van der Waals surface area (Å²) in [6.07, 6.45) is 4.13.